The molecule has 0 aliphatic carbocycles. The van der Waals surface area contributed by atoms with Crippen molar-refractivity contribution in [3.05, 3.63) is 162 Å². The van der Waals surface area contributed by atoms with E-state index in [9.17, 15) is 4.79 Å². The van der Waals surface area contributed by atoms with E-state index in [-0.39, 0.29) is 5.91 Å². The molecule has 49 heavy (non-hydrogen) atoms. The number of amides is 1. The minimum atomic E-state index is -0.192. The van der Waals surface area contributed by atoms with Crippen molar-refractivity contribution in [2.75, 3.05) is 13.2 Å². The lowest BCUT2D eigenvalue weighted by atomic mass is 10.1. The highest BCUT2D eigenvalue weighted by Gasteiger charge is 2.15. The first-order valence-electron chi connectivity index (χ1n) is 16.6. The van der Waals surface area contributed by atoms with Crippen LogP contribution < -0.4 is 15.8 Å². The highest BCUT2D eigenvalue weighted by atomic mass is 16.5. The molecule has 5 aromatic rings. The second-order valence-electron chi connectivity index (χ2n) is 11.8. The molecule has 0 saturated heterocycles. The Bertz CT molecular complexity index is 1520. The number of pyridine rings is 4. The third kappa shape index (κ3) is 12.6. The fraction of sp³-hybridized carbons (Fsp3) is 0.256. The number of hydrogen-bond acceptors (Lipinski definition) is 9. The highest BCUT2D eigenvalue weighted by molar-refractivity contribution is 5.87. The normalized spacial score (nSPS) is 11.3. The average molecular weight is 657 g/mol. The Labute approximate surface area is 288 Å². The minimum Gasteiger partial charge on any atom is -0.494 e. The summed E-state index contributed by atoms with van der Waals surface area (Å²) in [6.45, 7) is 5.15. The van der Waals surface area contributed by atoms with Gasteiger partial charge in [0.15, 0.2) is 0 Å². The molecule has 0 saturated carbocycles. The van der Waals surface area contributed by atoms with Gasteiger partial charge in [0.2, 0.25) is 5.91 Å². The zero-order chi connectivity index (χ0) is 33.9. The second-order valence-corrected chi connectivity index (χ2v) is 11.8. The predicted octanol–water partition coefficient (Wildman–Crippen LogP) is 5.42. The molecular formula is C39H44N8O2. The third-order valence-electron chi connectivity index (χ3n) is 7.67. The first kappa shape index (κ1) is 34.9. The first-order valence-corrected chi connectivity index (χ1v) is 16.6. The van der Waals surface area contributed by atoms with Gasteiger partial charge in [-0.25, -0.2) is 0 Å². The number of benzene rings is 1. The molecule has 0 aliphatic rings. The molecule has 0 unspecified atom stereocenters. The van der Waals surface area contributed by atoms with E-state index in [1.165, 1.54) is 12.3 Å². The number of unbranched alkanes of at least 4 members (excludes halogenated alkanes) is 1. The maximum Gasteiger partial charge on any atom is 0.245 e. The van der Waals surface area contributed by atoms with Crippen molar-refractivity contribution in [3.63, 3.8) is 0 Å². The molecule has 0 fully saturated rings. The number of aromatic nitrogens is 4. The molecule has 0 aliphatic heterocycles. The molecule has 1 aromatic carbocycles. The molecule has 5 rings (SSSR count). The standard InChI is InChI=1S/C39H44N8O2/c40-16-15-39(48)45-21-9-10-22-49-38-24-32(26-46(28-34-11-1-5-17-41-34)29-35-12-2-6-18-42-35)23-33(25-38)27-47(30-36-13-3-7-19-43-36)31-37-14-4-8-20-44-37/h1-8,11-20,23-25H,9-10,21-22,26-31,40H2,(H,45,48). The summed E-state index contributed by atoms with van der Waals surface area (Å²) in [6.07, 6.45) is 11.5. The van der Waals surface area contributed by atoms with Crippen molar-refractivity contribution in [1.82, 2.24) is 35.1 Å². The van der Waals surface area contributed by atoms with Gasteiger partial charge in [-0.3, -0.25) is 34.5 Å². The monoisotopic (exact) mass is 656 g/mol. The molecule has 0 atom stereocenters. The second kappa shape index (κ2) is 19.4. The van der Waals surface area contributed by atoms with Gasteiger partial charge in [-0.1, -0.05) is 30.3 Å². The Morgan fingerprint density at radius 3 is 1.47 bits per heavy atom. The van der Waals surface area contributed by atoms with Crippen LogP contribution in [0.5, 0.6) is 5.75 Å². The maximum absolute atomic E-state index is 11.7. The van der Waals surface area contributed by atoms with Crippen LogP contribution in [-0.2, 0) is 44.1 Å². The zero-order valence-corrected chi connectivity index (χ0v) is 27.8. The van der Waals surface area contributed by atoms with E-state index in [0.717, 1.165) is 52.5 Å². The van der Waals surface area contributed by atoms with Gasteiger partial charge in [-0.15, -0.1) is 0 Å². The van der Waals surface area contributed by atoms with E-state index in [4.69, 9.17) is 10.5 Å². The molecule has 4 aromatic heterocycles. The lowest BCUT2D eigenvalue weighted by Gasteiger charge is -2.25. The lowest BCUT2D eigenvalue weighted by Crippen LogP contribution is -2.25. The maximum atomic E-state index is 11.7. The van der Waals surface area contributed by atoms with Crippen molar-refractivity contribution in [2.45, 2.75) is 52.1 Å². The van der Waals surface area contributed by atoms with Crippen LogP contribution in [0, 0.1) is 0 Å². The summed E-state index contributed by atoms with van der Waals surface area (Å²) >= 11 is 0. The van der Waals surface area contributed by atoms with Crippen LogP contribution in [0.2, 0.25) is 0 Å². The Kier molecular flexibility index (Phi) is 13.8. The summed E-state index contributed by atoms with van der Waals surface area (Å²) in [7, 11) is 0. The Morgan fingerprint density at radius 2 is 1.08 bits per heavy atom. The highest BCUT2D eigenvalue weighted by Crippen LogP contribution is 2.23. The van der Waals surface area contributed by atoms with Crippen molar-refractivity contribution >= 4 is 5.91 Å². The van der Waals surface area contributed by atoms with Crippen molar-refractivity contribution in [2.24, 2.45) is 5.73 Å². The van der Waals surface area contributed by atoms with Crippen LogP contribution in [-0.4, -0.2) is 48.8 Å². The minimum absolute atomic E-state index is 0.192. The molecular weight excluding hydrogens is 612 g/mol. The molecule has 0 radical (unpaired) electrons. The number of carbonyl (C=O) groups excluding carboxylic acids is 1. The van der Waals surface area contributed by atoms with Gasteiger partial charge >= 0.3 is 0 Å². The smallest absolute Gasteiger partial charge is 0.245 e. The SMILES string of the molecule is NC=CC(=O)NCCCCOc1cc(CN(Cc2ccccn2)Cc2ccccn2)cc(CN(Cc2ccccn2)Cc2ccccn2)c1. The lowest BCUT2D eigenvalue weighted by molar-refractivity contribution is -0.116. The number of carbonyl (C=O) groups is 1. The van der Waals surface area contributed by atoms with E-state index >= 15 is 0 Å². The topological polar surface area (TPSA) is 122 Å². The number of ether oxygens (including phenoxy) is 1. The van der Waals surface area contributed by atoms with Crippen LogP contribution in [0.25, 0.3) is 0 Å². The van der Waals surface area contributed by atoms with Crippen molar-refractivity contribution < 1.29 is 9.53 Å². The molecule has 3 N–H and O–H groups in total. The third-order valence-corrected chi connectivity index (χ3v) is 7.67. The molecule has 10 nitrogen and oxygen atoms in total. The van der Waals surface area contributed by atoms with Crippen LogP contribution in [0.15, 0.2) is 128 Å². The summed E-state index contributed by atoms with van der Waals surface area (Å²) in [5, 5.41) is 2.83. The molecule has 252 valence electrons. The molecule has 1 amide bonds. The van der Waals surface area contributed by atoms with Gasteiger partial charge in [0, 0.05) is 76.7 Å². The number of rotatable bonds is 19. The van der Waals surface area contributed by atoms with Crippen LogP contribution in [0.3, 0.4) is 0 Å². The largest absolute Gasteiger partial charge is 0.494 e. The van der Waals surface area contributed by atoms with E-state index in [2.05, 4.69) is 77.5 Å². The Morgan fingerprint density at radius 1 is 0.633 bits per heavy atom. The molecule has 4 heterocycles. The number of nitrogens with two attached hydrogens (primary N) is 1. The zero-order valence-electron chi connectivity index (χ0n) is 27.8. The quantitative estimate of drug-likeness (QED) is 0.0887. The van der Waals surface area contributed by atoms with Crippen LogP contribution in [0.1, 0.15) is 46.7 Å². The van der Waals surface area contributed by atoms with Crippen molar-refractivity contribution in [1.29, 1.82) is 0 Å². The Balaban J connectivity index is 1.37. The van der Waals surface area contributed by atoms with Gasteiger partial charge < -0.3 is 15.8 Å². The summed E-state index contributed by atoms with van der Waals surface area (Å²) in [5.74, 6) is 0.622. The van der Waals surface area contributed by atoms with Crippen molar-refractivity contribution in [3.8, 4) is 5.75 Å². The number of nitrogens with one attached hydrogen (secondary N) is 1. The van der Waals surface area contributed by atoms with E-state index in [0.29, 0.717) is 52.4 Å². The summed E-state index contributed by atoms with van der Waals surface area (Å²) in [4.78, 5) is 34.8. The van der Waals surface area contributed by atoms with Gasteiger partial charge in [0.05, 0.1) is 29.4 Å². The molecule has 0 bridgehead atoms. The number of nitrogens with zero attached hydrogens (tertiary/aromatic N) is 6. The first-order chi connectivity index (χ1) is 24.1. The van der Waals surface area contributed by atoms with Gasteiger partial charge in [0.25, 0.3) is 0 Å². The predicted molar refractivity (Wildman–Crippen MR) is 190 cm³/mol. The molecule has 10 heteroatoms. The van der Waals surface area contributed by atoms with Gasteiger partial charge in [-0.2, -0.15) is 0 Å². The fourth-order valence-corrected chi connectivity index (χ4v) is 5.50. The van der Waals surface area contributed by atoms with E-state index in [1.54, 1.807) is 0 Å². The summed E-state index contributed by atoms with van der Waals surface area (Å²) < 4.78 is 6.35. The van der Waals surface area contributed by atoms with Gasteiger partial charge in [-0.05, 0) is 90.8 Å². The average Bonchev–Trinajstić information content (AvgIpc) is 3.11. The van der Waals surface area contributed by atoms with E-state index < -0.39 is 0 Å². The van der Waals surface area contributed by atoms with Crippen LogP contribution in [0.4, 0.5) is 0 Å². The summed E-state index contributed by atoms with van der Waals surface area (Å²) in [6, 6.07) is 30.6. The molecule has 0 spiro atoms. The summed E-state index contributed by atoms with van der Waals surface area (Å²) in [5.41, 5.74) is 11.6. The van der Waals surface area contributed by atoms with Gasteiger partial charge in [0.1, 0.15) is 5.75 Å². The number of hydrogen-bond donors (Lipinski definition) is 2. The fourth-order valence-electron chi connectivity index (χ4n) is 5.50. The van der Waals surface area contributed by atoms with E-state index in [1.807, 2.05) is 73.3 Å². The van der Waals surface area contributed by atoms with Crippen LogP contribution >= 0.6 is 0 Å². The Hall–Kier alpha value is -5.45.